The quantitative estimate of drug-likeness (QED) is 0.132. The Morgan fingerprint density at radius 1 is 0.857 bits per heavy atom. The van der Waals surface area contributed by atoms with Crippen molar-refractivity contribution in [2.45, 2.75) is 58.1 Å². The third-order valence-corrected chi connectivity index (χ3v) is 11.2. The summed E-state index contributed by atoms with van der Waals surface area (Å²) >= 11 is 1.88. The van der Waals surface area contributed by atoms with Crippen LogP contribution in [0.25, 0.3) is 42.7 Å². The number of aromatic nitrogens is 2. The van der Waals surface area contributed by atoms with Gasteiger partial charge in [-0.2, -0.15) is 11.3 Å². The number of rotatable bonds is 4. The Labute approximate surface area is 272 Å². The third-order valence-electron chi connectivity index (χ3n) is 7.91. The smallest absolute Gasteiger partial charge is 0.0776 e. The third kappa shape index (κ3) is 6.66. The van der Waals surface area contributed by atoms with E-state index in [2.05, 4.69) is 79.2 Å². The van der Waals surface area contributed by atoms with Crippen LogP contribution in [0, 0.1) is 19.0 Å². The van der Waals surface area contributed by atoms with Gasteiger partial charge in [-0.25, -0.2) is 0 Å². The van der Waals surface area contributed by atoms with Crippen molar-refractivity contribution in [3.8, 4) is 22.5 Å². The maximum absolute atomic E-state index is 7.23. The molecule has 42 heavy (non-hydrogen) atoms. The van der Waals surface area contributed by atoms with Gasteiger partial charge < -0.3 is 9.97 Å². The van der Waals surface area contributed by atoms with Crippen molar-refractivity contribution in [3.05, 3.63) is 115 Å². The molecule has 6 aromatic rings. The van der Waals surface area contributed by atoms with Gasteiger partial charge in [0.15, 0.2) is 0 Å². The van der Waals surface area contributed by atoms with Gasteiger partial charge in [0.25, 0.3) is 0 Å². The molecule has 1 fully saturated rings. The minimum Gasteiger partial charge on any atom is -0.305 e. The van der Waals surface area contributed by atoms with Crippen LogP contribution in [0.3, 0.4) is 0 Å². The van der Waals surface area contributed by atoms with Crippen LogP contribution in [0.5, 0.6) is 0 Å². The van der Waals surface area contributed by atoms with Gasteiger partial charge in [-0.3, -0.25) is 0 Å². The van der Waals surface area contributed by atoms with Gasteiger partial charge in [0, 0.05) is 41.3 Å². The summed E-state index contributed by atoms with van der Waals surface area (Å²) in [6, 6.07) is 33.2. The molecule has 3 aromatic heterocycles. The first kappa shape index (κ1) is 26.7. The van der Waals surface area contributed by atoms with Gasteiger partial charge in [0.05, 0.1) is 8.07 Å². The molecule has 3 heterocycles. The molecule has 0 N–H and O–H groups in total. The molecular weight excluding hydrogens is 725 g/mol. The van der Waals surface area contributed by atoms with Gasteiger partial charge in [0.2, 0.25) is 0 Å². The molecule has 1 radical (unpaired) electrons. The Balaban J connectivity index is 0.000000202. The maximum atomic E-state index is 7.23. The van der Waals surface area contributed by atoms with Crippen LogP contribution in [0.4, 0.5) is 0 Å². The van der Waals surface area contributed by atoms with Crippen LogP contribution in [0.2, 0.25) is 19.6 Å². The van der Waals surface area contributed by atoms with E-state index in [0.717, 1.165) is 22.5 Å². The van der Waals surface area contributed by atoms with Crippen LogP contribution in [0.15, 0.2) is 91.3 Å². The van der Waals surface area contributed by atoms with Crippen molar-refractivity contribution in [1.29, 1.82) is 0 Å². The number of nitrogens with zero attached hydrogens (tertiary/aromatic N) is 2. The molecule has 1 saturated carbocycles. The monoisotopic (exact) mass is 764 g/mol. The minimum atomic E-state index is -2.09. The Hall–Kier alpha value is -2.95. The van der Waals surface area contributed by atoms with E-state index >= 15 is 0 Å². The Kier molecular flexibility index (Phi) is 8.34. The molecule has 0 aliphatic heterocycles. The first-order chi connectivity index (χ1) is 21.1. The number of hydrogen-bond donors (Lipinski definition) is 0. The molecule has 0 unspecified atom stereocenters. The summed E-state index contributed by atoms with van der Waals surface area (Å²) in [7, 11) is -1.33. The maximum Gasteiger partial charge on any atom is 0.0776 e. The molecule has 0 amide bonds. The number of fused-ring (bicyclic) bond motifs is 3. The SMILES string of the molecule is C[Si](C)(C)c1ccc2sc3c(-c4cc(C5CCCC5)ccn4)[c-]ccc3c2c1.[2H]C([2H])([2H])c1ccc(-c2[c-]cccc2)nc1.[Ir]. The number of pyridine rings is 2. The van der Waals surface area contributed by atoms with Crippen molar-refractivity contribution in [1.82, 2.24) is 9.97 Å². The Bertz CT molecular complexity index is 1890. The summed E-state index contributed by atoms with van der Waals surface area (Å²) in [6.07, 6.45) is 8.74. The second-order valence-electron chi connectivity index (χ2n) is 11.8. The predicted molar refractivity (Wildman–Crippen MR) is 179 cm³/mol. The van der Waals surface area contributed by atoms with Crippen molar-refractivity contribution >= 4 is 44.8 Å². The first-order valence-corrected chi connectivity index (χ1v) is 18.7. The zero-order valence-electron chi connectivity index (χ0n) is 27.2. The summed E-state index contributed by atoms with van der Waals surface area (Å²) in [5, 5.41) is 4.26. The normalized spacial score (nSPS) is 14.9. The Morgan fingerprint density at radius 2 is 1.71 bits per heavy atom. The summed E-state index contributed by atoms with van der Waals surface area (Å²) in [4.78, 5) is 8.86. The molecule has 0 saturated heterocycles. The molecule has 0 atom stereocenters. The summed E-state index contributed by atoms with van der Waals surface area (Å²) in [6.45, 7) is 5.16. The molecule has 2 nitrogen and oxygen atoms in total. The molecule has 5 heteroatoms. The second-order valence-corrected chi connectivity index (χ2v) is 18.0. The molecule has 3 aromatic carbocycles. The van der Waals surface area contributed by atoms with Gasteiger partial charge in [-0.05, 0) is 64.8 Å². The molecule has 0 spiro atoms. The average Bonchev–Trinajstić information content (AvgIpc) is 3.70. The van der Waals surface area contributed by atoms with E-state index < -0.39 is 14.9 Å². The van der Waals surface area contributed by atoms with Crippen molar-refractivity contribution in [2.75, 3.05) is 0 Å². The fourth-order valence-corrected chi connectivity index (χ4v) is 7.95. The molecule has 1 aliphatic carbocycles. The molecule has 7 rings (SSSR count). The number of benzene rings is 3. The van der Waals surface area contributed by atoms with Gasteiger partial charge in [-0.1, -0.05) is 79.0 Å². The minimum absolute atomic E-state index is 0. The standard InChI is InChI=1S/C25H26NSSi.C12H10N.Ir/c1-28(2,3)19-11-12-24-22(16-19)20-9-6-10-21(25(20)27-24)23-15-18(13-14-26-23)17-7-4-5-8-17;1-10-7-8-12(13-9-10)11-5-3-2-4-6-11;/h6,9,11-17H,4-5,7-8H2,1-3H3;2-5,7-9H,1H3;/q2*-1;/i;1D3;. The topological polar surface area (TPSA) is 25.8 Å². The zero-order chi connectivity index (χ0) is 30.9. The number of aryl methyl sites for hydroxylation is 1. The van der Waals surface area contributed by atoms with Crippen LogP contribution < -0.4 is 5.19 Å². The summed E-state index contributed by atoms with van der Waals surface area (Å²) in [5.41, 5.74) is 5.54. The molecule has 1 aliphatic rings. The predicted octanol–water partition coefficient (Wildman–Crippen LogP) is 9.97. The summed E-state index contributed by atoms with van der Waals surface area (Å²) in [5.74, 6) is 0.711. The Morgan fingerprint density at radius 3 is 2.43 bits per heavy atom. The van der Waals surface area contributed by atoms with Crippen LogP contribution in [-0.2, 0) is 20.1 Å². The van der Waals surface area contributed by atoms with Crippen LogP contribution >= 0.6 is 11.3 Å². The van der Waals surface area contributed by atoms with E-state index in [1.54, 1.807) is 18.2 Å². The van der Waals surface area contributed by atoms with Gasteiger partial charge >= 0.3 is 0 Å². The van der Waals surface area contributed by atoms with Gasteiger partial charge in [0.1, 0.15) is 0 Å². The summed E-state index contributed by atoms with van der Waals surface area (Å²) < 4.78 is 24.4. The number of thiophene rings is 1. The van der Waals surface area contributed by atoms with Crippen LogP contribution in [-0.4, -0.2) is 18.0 Å². The molecular formula is C37H36IrN2SSi-2. The van der Waals surface area contributed by atoms with E-state index in [0.29, 0.717) is 5.92 Å². The van der Waals surface area contributed by atoms with E-state index in [4.69, 9.17) is 9.10 Å². The van der Waals surface area contributed by atoms with Gasteiger partial charge in [-0.15, -0.1) is 59.7 Å². The van der Waals surface area contributed by atoms with E-state index in [1.165, 1.54) is 62.8 Å². The van der Waals surface area contributed by atoms with E-state index in [1.807, 2.05) is 35.7 Å². The molecule has 215 valence electrons. The average molecular weight is 764 g/mol. The van der Waals surface area contributed by atoms with Crippen molar-refractivity contribution in [2.24, 2.45) is 0 Å². The second kappa shape index (κ2) is 13.1. The fourth-order valence-electron chi connectivity index (χ4n) is 5.60. The fraction of sp³-hybridized carbons (Fsp3) is 0.243. The zero-order valence-corrected chi connectivity index (χ0v) is 28.4. The largest absolute Gasteiger partial charge is 0.305 e. The van der Waals surface area contributed by atoms with E-state index in [-0.39, 0.29) is 25.7 Å². The van der Waals surface area contributed by atoms with Crippen molar-refractivity contribution < 1.29 is 24.2 Å². The van der Waals surface area contributed by atoms with Crippen LogP contribution in [0.1, 0.15) is 46.8 Å². The molecule has 0 bridgehead atoms. The number of hydrogen-bond acceptors (Lipinski definition) is 3. The van der Waals surface area contributed by atoms with E-state index in [9.17, 15) is 0 Å². The first-order valence-electron chi connectivity index (χ1n) is 15.9. The van der Waals surface area contributed by atoms with Crippen molar-refractivity contribution in [3.63, 3.8) is 0 Å².